The molecule has 0 aliphatic carbocycles. The van der Waals surface area contributed by atoms with Gasteiger partial charge in [-0.25, -0.2) is 22.4 Å². The number of anilines is 1. The zero-order valence-electron chi connectivity index (χ0n) is 17.4. The molecule has 2 aliphatic rings. The molecule has 2 unspecified atom stereocenters. The monoisotopic (exact) mass is 462 g/mol. The van der Waals surface area contributed by atoms with Crippen molar-refractivity contribution in [3.8, 4) is 0 Å². The second-order valence-corrected chi connectivity index (χ2v) is 9.71. The van der Waals surface area contributed by atoms with Crippen LogP contribution in [-0.4, -0.2) is 63.0 Å². The first-order valence-electron chi connectivity index (χ1n) is 10.3. The van der Waals surface area contributed by atoms with Gasteiger partial charge in [-0.3, -0.25) is 0 Å². The molecule has 0 N–H and O–H groups in total. The summed E-state index contributed by atoms with van der Waals surface area (Å²) in [4.78, 5) is 26.1. The van der Waals surface area contributed by atoms with Crippen LogP contribution in [0.1, 0.15) is 23.7 Å². The second kappa shape index (κ2) is 8.87. The van der Waals surface area contributed by atoms with Crippen molar-refractivity contribution in [2.75, 3.05) is 31.1 Å². The van der Waals surface area contributed by atoms with Crippen molar-refractivity contribution in [1.82, 2.24) is 4.31 Å². The molecule has 2 fully saturated rings. The Bertz CT molecular complexity index is 1110. The maximum atomic E-state index is 13.1. The lowest BCUT2D eigenvalue weighted by atomic mass is 10.2. The Balaban J connectivity index is 1.43. The van der Waals surface area contributed by atoms with Crippen LogP contribution in [0.5, 0.6) is 0 Å². The molecule has 0 spiro atoms. The Morgan fingerprint density at radius 3 is 2.41 bits per heavy atom. The molecule has 0 amide bonds. The molecule has 2 heterocycles. The summed E-state index contributed by atoms with van der Waals surface area (Å²) < 4.78 is 50.9. The lowest BCUT2D eigenvalue weighted by Gasteiger charge is -2.35. The van der Waals surface area contributed by atoms with E-state index in [0.29, 0.717) is 13.1 Å². The number of carbonyl (C=O) groups is 2. The van der Waals surface area contributed by atoms with E-state index in [1.54, 1.807) is 19.1 Å². The highest BCUT2D eigenvalue weighted by atomic mass is 32.2. The van der Waals surface area contributed by atoms with E-state index >= 15 is 0 Å². The molecule has 0 aromatic heterocycles. The SMILES string of the molecule is CC1CC(OC(=O)c2cccc(S(=O)(=O)N3CCN(c4ccc(F)cc4)CC3)c2)C(=O)O1. The molecule has 4 rings (SSSR count). The quantitative estimate of drug-likeness (QED) is 0.629. The lowest BCUT2D eigenvalue weighted by molar-refractivity contribution is -0.147. The minimum absolute atomic E-state index is 0.0236. The van der Waals surface area contributed by atoms with Gasteiger partial charge < -0.3 is 14.4 Å². The molecule has 0 radical (unpaired) electrons. The molecular weight excluding hydrogens is 439 g/mol. The molecule has 2 aromatic carbocycles. The third-order valence-corrected chi connectivity index (χ3v) is 7.41. The van der Waals surface area contributed by atoms with E-state index in [0.717, 1.165) is 5.69 Å². The van der Waals surface area contributed by atoms with Crippen molar-refractivity contribution in [2.45, 2.75) is 30.4 Å². The summed E-state index contributed by atoms with van der Waals surface area (Å²) >= 11 is 0. The van der Waals surface area contributed by atoms with Gasteiger partial charge in [-0.1, -0.05) is 6.07 Å². The molecule has 8 nitrogen and oxygen atoms in total. The molecule has 2 saturated heterocycles. The highest BCUT2D eigenvalue weighted by Gasteiger charge is 2.35. The Morgan fingerprint density at radius 2 is 1.78 bits per heavy atom. The maximum Gasteiger partial charge on any atom is 0.347 e. The molecule has 10 heteroatoms. The summed E-state index contributed by atoms with van der Waals surface area (Å²) in [5.41, 5.74) is 0.872. The van der Waals surface area contributed by atoms with Gasteiger partial charge >= 0.3 is 11.9 Å². The minimum atomic E-state index is -3.83. The Morgan fingerprint density at radius 1 is 1.09 bits per heavy atom. The first-order valence-corrected chi connectivity index (χ1v) is 11.7. The van der Waals surface area contributed by atoms with Crippen LogP contribution in [0.4, 0.5) is 10.1 Å². The molecule has 2 aromatic rings. The van der Waals surface area contributed by atoms with Crippen molar-refractivity contribution < 1.29 is 31.9 Å². The van der Waals surface area contributed by atoms with Crippen LogP contribution in [0.25, 0.3) is 0 Å². The van der Waals surface area contributed by atoms with Gasteiger partial charge in [-0.15, -0.1) is 0 Å². The number of halogens is 1. The molecule has 0 saturated carbocycles. The van der Waals surface area contributed by atoms with Crippen LogP contribution >= 0.6 is 0 Å². The van der Waals surface area contributed by atoms with Gasteiger partial charge in [0.2, 0.25) is 16.1 Å². The number of piperazine rings is 1. The van der Waals surface area contributed by atoms with E-state index in [-0.39, 0.29) is 41.9 Å². The number of carbonyl (C=O) groups excluding carboxylic acids is 2. The number of esters is 2. The number of benzene rings is 2. The number of sulfonamides is 1. The van der Waals surface area contributed by atoms with Gasteiger partial charge in [0.25, 0.3) is 0 Å². The van der Waals surface area contributed by atoms with Crippen molar-refractivity contribution in [1.29, 1.82) is 0 Å². The molecule has 32 heavy (non-hydrogen) atoms. The number of hydrogen-bond acceptors (Lipinski definition) is 7. The number of rotatable bonds is 5. The third kappa shape index (κ3) is 4.61. The topological polar surface area (TPSA) is 93.2 Å². The fraction of sp³-hybridized carbons (Fsp3) is 0.364. The number of cyclic esters (lactones) is 1. The van der Waals surface area contributed by atoms with Gasteiger partial charge in [0.1, 0.15) is 11.9 Å². The Kier molecular flexibility index (Phi) is 6.16. The van der Waals surface area contributed by atoms with Crippen molar-refractivity contribution >= 4 is 27.6 Å². The Labute approximate surface area is 185 Å². The van der Waals surface area contributed by atoms with Crippen LogP contribution in [0.3, 0.4) is 0 Å². The fourth-order valence-corrected chi connectivity index (χ4v) is 5.25. The smallest absolute Gasteiger partial charge is 0.347 e. The molecule has 0 bridgehead atoms. The highest BCUT2D eigenvalue weighted by Crippen LogP contribution is 2.23. The first kappa shape index (κ1) is 22.2. The van der Waals surface area contributed by atoms with Crippen LogP contribution in [0.2, 0.25) is 0 Å². The van der Waals surface area contributed by atoms with E-state index < -0.39 is 28.1 Å². The molecular formula is C22H23FN2O6S. The number of ether oxygens (including phenoxy) is 2. The zero-order valence-corrected chi connectivity index (χ0v) is 18.3. The van der Waals surface area contributed by atoms with Crippen LogP contribution in [0.15, 0.2) is 53.4 Å². The average Bonchev–Trinajstić information content (AvgIpc) is 3.11. The summed E-state index contributed by atoms with van der Waals surface area (Å²) in [7, 11) is -3.83. The van der Waals surface area contributed by atoms with E-state index in [1.807, 2.05) is 4.90 Å². The van der Waals surface area contributed by atoms with Crippen molar-refractivity contribution in [3.05, 3.63) is 59.9 Å². The molecule has 170 valence electrons. The van der Waals surface area contributed by atoms with Crippen LogP contribution in [-0.2, 0) is 24.3 Å². The summed E-state index contributed by atoms with van der Waals surface area (Å²) in [6.07, 6.45) is -1.06. The zero-order chi connectivity index (χ0) is 22.9. The maximum absolute atomic E-state index is 13.1. The predicted octanol–water partition coefficient (Wildman–Crippen LogP) is 2.20. The summed E-state index contributed by atoms with van der Waals surface area (Å²) in [6, 6.07) is 11.7. The lowest BCUT2D eigenvalue weighted by Crippen LogP contribution is -2.48. The standard InChI is InChI=1S/C22H23FN2O6S/c1-15-13-20(22(27)30-15)31-21(26)16-3-2-4-19(14-16)32(28,29)25-11-9-24(10-12-25)18-7-5-17(23)6-8-18/h2-8,14-15,20H,9-13H2,1H3. The van der Waals surface area contributed by atoms with E-state index in [2.05, 4.69) is 0 Å². The summed E-state index contributed by atoms with van der Waals surface area (Å²) in [5.74, 6) is -1.71. The molecule has 2 aliphatic heterocycles. The normalized spacial score (nSPS) is 21.9. The first-order chi connectivity index (χ1) is 15.2. The van der Waals surface area contributed by atoms with Crippen molar-refractivity contribution in [3.63, 3.8) is 0 Å². The fourth-order valence-electron chi connectivity index (χ4n) is 3.78. The third-order valence-electron chi connectivity index (χ3n) is 5.51. The highest BCUT2D eigenvalue weighted by molar-refractivity contribution is 7.89. The largest absolute Gasteiger partial charge is 0.460 e. The van der Waals surface area contributed by atoms with Crippen LogP contribution in [0, 0.1) is 5.82 Å². The Hall–Kier alpha value is -2.98. The van der Waals surface area contributed by atoms with E-state index in [4.69, 9.17) is 9.47 Å². The summed E-state index contributed by atoms with van der Waals surface area (Å²) in [5, 5.41) is 0. The molecule has 2 atom stereocenters. The second-order valence-electron chi connectivity index (χ2n) is 7.77. The van der Waals surface area contributed by atoms with Gasteiger partial charge in [0, 0.05) is 38.3 Å². The van der Waals surface area contributed by atoms with Gasteiger partial charge in [-0.2, -0.15) is 4.31 Å². The summed E-state index contributed by atoms with van der Waals surface area (Å²) in [6.45, 7) is 3.11. The van der Waals surface area contributed by atoms with Crippen molar-refractivity contribution in [2.24, 2.45) is 0 Å². The van der Waals surface area contributed by atoms with Gasteiger partial charge in [0.05, 0.1) is 10.5 Å². The minimum Gasteiger partial charge on any atom is -0.460 e. The van der Waals surface area contributed by atoms with Gasteiger partial charge in [0.15, 0.2) is 0 Å². The number of hydrogen-bond donors (Lipinski definition) is 0. The van der Waals surface area contributed by atoms with E-state index in [1.165, 1.54) is 40.7 Å². The average molecular weight is 462 g/mol. The van der Waals surface area contributed by atoms with Crippen LogP contribution < -0.4 is 4.90 Å². The van der Waals surface area contributed by atoms with E-state index in [9.17, 15) is 22.4 Å². The predicted molar refractivity (Wildman–Crippen MR) is 113 cm³/mol. The van der Waals surface area contributed by atoms with Gasteiger partial charge in [-0.05, 0) is 49.4 Å². The number of nitrogens with zero attached hydrogens (tertiary/aromatic N) is 2.